The number of amides is 1. The number of para-hydroxylation sites is 1. The Morgan fingerprint density at radius 3 is 2.75 bits per heavy atom. The Morgan fingerprint density at radius 2 is 1.96 bits per heavy atom. The topological polar surface area (TPSA) is 47.2 Å². The molecule has 24 heavy (non-hydrogen) atoms. The van der Waals surface area contributed by atoms with Crippen LogP contribution in [0, 0.1) is 11.6 Å². The predicted octanol–water partition coefficient (Wildman–Crippen LogP) is 3.87. The van der Waals surface area contributed by atoms with E-state index < -0.39 is 17.5 Å². The van der Waals surface area contributed by atoms with Crippen molar-refractivity contribution < 1.29 is 13.6 Å². The third kappa shape index (κ3) is 2.44. The third-order valence-corrected chi connectivity index (χ3v) is 5.59. The Hall–Kier alpha value is -2.45. The zero-order chi connectivity index (χ0) is 16.8. The number of halogens is 2. The Balaban J connectivity index is 1.85. The van der Waals surface area contributed by atoms with Gasteiger partial charge in [0.1, 0.15) is 5.82 Å². The number of aromatic nitrogens is 2. The van der Waals surface area contributed by atoms with Crippen molar-refractivity contribution in [2.45, 2.75) is 0 Å². The van der Waals surface area contributed by atoms with Gasteiger partial charge in [-0.05, 0) is 18.2 Å². The van der Waals surface area contributed by atoms with Crippen molar-refractivity contribution >= 4 is 49.0 Å². The average Bonchev–Trinajstić information content (AvgIpc) is 3.09. The molecule has 2 heterocycles. The van der Waals surface area contributed by atoms with E-state index in [1.807, 2.05) is 24.3 Å². The van der Waals surface area contributed by atoms with Crippen molar-refractivity contribution in [2.75, 3.05) is 0 Å². The highest BCUT2D eigenvalue weighted by Gasteiger charge is 2.14. The first-order valence-electron chi connectivity index (χ1n) is 6.92. The minimum absolute atomic E-state index is 0.220. The smallest absolute Gasteiger partial charge is 0.308 e. The lowest BCUT2D eigenvalue weighted by molar-refractivity contribution is 0.0997. The van der Waals surface area contributed by atoms with E-state index in [4.69, 9.17) is 0 Å². The van der Waals surface area contributed by atoms with Crippen LogP contribution in [-0.4, -0.2) is 15.5 Å². The van der Waals surface area contributed by atoms with Crippen molar-refractivity contribution in [3.63, 3.8) is 0 Å². The number of benzene rings is 2. The monoisotopic (exact) mass is 361 g/mol. The lowest BCUT2D eigenvalue weighted by Gasteiger charge is -1.97. The first-order valence-corrected chi connectivity index (χ1v) is 8.55. The van der Waals surface area contributed by atoms with Crippen LogP contribution >= 0.6 is 22.7 Å². The van der Waals surface area contributed by atoms with Gasteiger partial charge in [-0.3, -0.25) is 4.79 Å². The molecule has 0 bridgehead atoms. The number of hydrogen-bond acceptors (Lipinski definition) is 4. The van der Waals surface area contributed by atoms with E-state index in [-0.39, 0.29) is 10.5 Å². The first kappa shape index (κ1) is 15.1. The van der Waals surface area contributed by atoms with Gasteiger partial charge in [0.2, 0.25) is 0 Å². The molecule has 120 valence electrons. The van der Waals surface area contributed by atoms with E-state index in [0.717, 1.165) is 27.6 Å². The Labute approximate surface area is 142 Å². The molecule has 2 aromatic carbocycles. The van der Waals surface area contributed by atoms with Crippen molar-refractivity contribution in [1.82, 2.24) is 9.55 Å². The molecule has 0 unspecified atom stereocenters. The van der Waals surface area contributed by atoms with Crippen LogP contribution in [0.3, 0.4) is 0 Å². The number of hydrogen-bond donors (Lipinski definition) is 0. The summed E-state index contributed by atoms with van der Waals surface area (Å²) >= 11 is 2.30. The molecule has 4 aromatic rings. The van der Waals surface area contributed by atoms with Crippen molar-refractivity contribution in [3.05, 3.63) is 57.8 Å². The maximum absolute atomic E-state index is 13.9. The standard InChI is InChI=1S/C16H9F2N3OS2/c1-21-13-9(18)6-8(17)7-12(13)24-16(21)20-14(22)15-19-10-4-2-3-5-11(10)23-15/h2-7H,1H3. The van der Waals surface area contributed by atoms with Crippen LogP contribution in [-0.2, 0) is 7.05 Å². The predicted molar refractivity (Wildman–Crippen MR) is 90.2 cm³/mol. The van der Waals surface area contributed by atoms with Gasteiger partial charge in [0.15, 0.2) is 15.6 Å². The molecule has 0 N–H and O–H groups in total. The second-order valence-electron chi connectivity index (χ2n) is 5.08. The second kappa shape index (κ2) is 5.57. The quantitative estimate of drug-likeness (QED) is 0.517. The summed E-state index contributed by atoms with van der Waals surface area (Å²) in [5.41, 5.74) is 0.951. The van der Waals surface area contributed by atoms with Gasteiger partial charge in [0.05, 0.1) is 20.4 Å². The van der Waals surface area contributed by atoms with Crippen LogP contribution in [0.25, 0.3) is 20.4 Å². The molecule has 1 amide bonds. The number of carbonyl (C=O) groups excluding carboxylic acids is 1. The van der Waals surface area contributed by atoms with Gasteiger partial charge in [-0.15, -0.1) is 11.3 Å². The van der Waals surface area contributed by atoms with Gasteiger partial charge < -0.3 is 4.57 Å². The van der Waals surface area contributed by atoms with Crippen molar-refractivity contribution in [3.8, 4) is 0 Å². The third-order valence-electron chi connectivity index (χ3n) is 3.49. The number of thiazole rings is 2. The van der Waals surface area contributed by atoms with E-state index in [1.54, 1.807) is 7.05 Å². The fraction of sp³-hybridized carbons (Fsp3) is 0.0625. The van der Waals surface area contributed by atoms with Crippen molar-refractivity contribution in [2.24, 2.45) is 12.0 Å². The van der Waals surface area contributed by atoms with E-state index in [0.29, 0.717) is 9.50 Å². The number of rotatable bonds is 1. The second-order valence-corrected chi connectivity index (χ2v) is 7.12. The van der Waals surface area contributed by atoms with E-state index >= 15 is 0 Å². The Bertz CT molecular complexity index is 1140. The summed E-state index contributed by atoms with van der Waals surface area (Å²) in [6.07, 6.45) is 0. The molecule has 2 aromatic heterocycles. The maximum atomic E-state index is 13.9. The highest BCUT2D eigenvalue weighted by molar-refractivity contribution is 7.20. The summed E-state index contributed by atoms with van der Waals surface area (Å²) in [6.45, 7) is 0. The largest absolute Gasteiger partial charge is 0.317 e. The van der Waals surface area contributed by atoms with E-state index in [2.05, 4.69) is 9.98 Å². The fourth-order valence-electron chi connectivity index (χ4n) is 2.40. The molecule has 0 saturated heterocycles. The zero-order valence-corrected chi connectivity index (χ0v) is 13.9. The van der Waals surface area contributed by atoms with E-state index in [9.17, 15) is 13.6 Å². The lowest BCUT2D eigenvalue weighted by atomic mass is 10.3. The molecule has 4 rings (SSSR count). The number of carbonyl (C=O) groups is 1. The summed E-state index contributed by atoms with van der Waals surface area (Å²) in [6, 6.07) is 9.45. The highest BCUT2D eigenvalue weighted by Crippen LogP contribution is 2.23. The van der Waals surface area contributed by atoms with E-state index in [1.165, 1.54) is 22.0 Å². The summed E-state index contributed by atoms with van der Waals surface area (Å²) in [7, 11) is 1.59. The van der Waals surface area contributed by atoms with Crippen LogP contribution in [0.4, 0.5) is 8.78 Å². The molecule has 0 saturated carbocycles. The molecule has 0 fully saturated rings. The molecular weight excluding hydrogens is 352 g/mol. The van der Waals surface area contributed by atoms with Crippen LogP contribution in [0.5, 0.6) is 0 Å². The Kier molecular flexibility index (Phi) is 3.50. The maximum Gasteiger partial charge on any atom is 0.308 e. The molecule has 0 atom stereocenters. The summed E-state index contributed by atoms with van der Waals surface area (Å²) < 4.78 is 30.0. The highest BCUT2D eigenvalue weighted by atomic mass is 32.1. The molecule has 8 heteroatoms. The van der Waals surface area contributed by atoms with Gasteiger partial charge in [-0.1, -0.05) is 23.5 Å². The van der Waals surface area contributed by atoms with Crippen LogP contribution in [0.2, 0.25) is 0 Å². The van der Waals surface area contributed by atoms with Gasteiger partial charge in [0.25, 0.3) is 0 Å². The molecule has 0 aliphatic carbocycles. The molecule has 0 radical (unpaired) electrons. The minimum Gasteiger partial charge on any atom is -0.317 e. The molecule has 0 aliphatic heterocycles. The van der Waals surface area contributed by atoms with Crippen LogP contribution < -0.4 is 4.80 Å². The molecule has 0 spiro atoms. The van der Waals surface area contributed by atoms with Gasteiger partial charge in [-0.2, -0.15) is 4.99 Å². The molecule has 4 nitrogen and oxygen atoms in total. The number of aryl methyl sites for hydroxylation is 1. The summed E-state index contributed by atoms with van der Waals surface area (Å²) in [4.78, 5) is 21.0. The van der Waals surface area contributed by atoms with Gasteiger partial charge >= 0.3 is 5.91 Å². The number of nitrogens with zero attached hydrogens (tertiary/aromatic N) is 3. The average molecular weight is 361 g/mol. The summed E-state index contributed by atoms with van der Waals surface area (Å²) in [5, 5.41) is 0.264. The lowest BCUT2D eigenvalue weighted by Crippen LogP contribution is -2.13. The minimum atomic E-state index is -0.683. The molecule has 0 aliphatic rings. The van der Waals surface area contributed by atoms with Gasteiger partial charge in [0, 0.05) is 13.1 Å². The summed E-state index contributed by atoms with van der Waals surface area (Å²) in [5.74, 6) is -1.84. The van der Waals surface area contributed by atoms with Crippen LogP contribution in [0.15, 0.2) is 41.4 Å². The first-order chi connectivity index (χ1) is 11.5. The van der Waals surface area contributed by atoms with Gasteiger partial charge in [-0.25, -0.2) is 13.8 Å². The SMILES string of the molecule is Cn1c(=NC(=O)c2nc3ccccc3s2)sc2cc(F)cc(F)c21. The number of fused-ring (bicyclic) bond motifs is 2. The van der Waals surface area contributed by atoms with Crippen LogP contribution in [0.1, 0.15) is 9.80 Å². The zero-order valence-electron chi connectivity index (χ0n) is 12.3. The Morgan fingerprint density at radius 1 is 1.17 bits per heavy atom. The fourth-order valence-corrected chi connectivity index (χ4v) is 4.31. The van der Waals surface area contributed by atoms with Crippen molar-refractivity contribution in [1.29, 1.82) is 0 Å². The molecular formula is C16H9F2N3OS2. The normalized spacial score (nSPS) is 12.4.